The third-order valence-corrected chi connectivity index (χ3v) is 6.79. The largest absolute Gasteiger partial charge is 0.446 e. The van der Waals surface area contributed by atoms with Crippen molar-refractivity contribution in [3.05, 3.63) is 60.3 Å². The molecule has 0 N–H and O–H groups in total. The number of pyridine rings is 1. The lowest BCUT2D eigenvalue weighted by molar-refractivity contribution is 0.384. The third-order valence-electron chi connectivity index (χ3n) is 4.88. The van der Waals surface area contributed by atoms with Gasteiger partial charge in [0.25, 0.3) is 0 Å². The van der Waals surface area contributed by atoms with E-state index in [0.717, 1.165) is 22.8 Å². The van der Waals surface area contributed by atoms with Crippen molar-refractivity contribution in [2.75, 3.05) is 31.1 Å². The monoisotopic (exact) mass is 398 g/mol. The number of anilines is 1. The molecule has 0 unspecified atom stereocenters. The van der Waals surface area contributed by atoms with Gasteiger partial charge in [-0.1, -0.05) is 18.2 Å². The maximum atomic E-state index is 13.0. The summed E-state index contributed by atoms with van der Waals surface area (Å²) in [4.78, 5) is 11.1. The van der Waals surface area contributed by atoms with Crippen molar-refractivity contribution >= 4 is 15.8 Å². The molecular formula is C20H22N4O3S. The van der Waals surface area contributed by atoms with Gasteiger partial charge in [-0.3, -0.25) is 0 Å². The van der Waals surface area contributed by atoms with E-state index in [0.29, 0.717) is 37.0 Å². The van der Waals surface area contributed by atoms with Crippen LogP contribution >= 0.6 is 0 Å². The second kappa shape index (κ2) is 7.37. The number of aryl methyl sites for hydroxylation is 2. The van der Waals surface area contributed by atoms with Crippen LogP contribution in [0.25, 0.3) is 11.3 Å². The van der Waals surface area contributed by atoms with Gasteiger partial charge < -0.3 is 9.32 Å². The second-order valence-corrected chi connectivity index (χ2v) is 8.68. The molecule has 8 heteroatoms. The van der Waals surface area contributed by atoms with Gasteiger partial charge in [-0.05, 0) is 31.2 Å². The van der Waals surface area contributed by atoms with Crippen molar-refractivity contribution < 1.29 is 12.8 Å². The molecule has 4 rings (SSSR count). The van der Waals surface area contributed by atoms with Gasteiger partial charge >= 0.3 is 0 Å². The van der Waals surface area contributed by atoms with E-state index in [-0.39, 0.29) is 0 Å². The van der Waals surface area contributed by atoms with Crippen LogP contribution in [0.3, 0.4) is 0 Å². The maximum Gasteiger partial charge on any atom is 0.243 e. The minimum Gasteiger partial charge on any atom is -0.446 e. The van der Waals surface area contributed by atoms with E-state index in [1.165, 1.54) is 4.31 Å². The number of piperazine rings is 1. The first-order chi connectivity index (χ1) is 13.4. The van der Waals surface area contributed by atoms with Crippen LogP contribution in [-0.2, 0) is 10.0 Å². The summed E-state index contributed by atoms with van der Waals surface area (Å²) in [5.41, 5.74) is 1.58. The van der Waals surface area contributed by atoms with E-state index in [1.807, 2.05) is 25.1 Å². The fourth-order valence-electron chi connectivity index (χ4n) is 3.43. The fourth-order valence-corrected chi connectivity index (χ4v) is 4.85. The summed E-state index contributed by atoms with van der Waals surface area (Å²) in [5.74, 6) is 2.19. The summed E-state index contributed by atoms with van der Waals surface area (Å²) in [6, 6.07) is 12.6. The molecular weight excluding hydrogens is 376 g/mol. The number of hydrogen-bond donors (Lipinski definition) is 0. The Morgan fingerprint density at radius 3 is 2.25 bits per heavy atom. The van der Waals surface area contributed by atoms with Gasteiger partial charge in [0.2, 0.25) is 10.0 Å². The van der Waals surface area contributed by atoms with E-state index in [4.69, 9.17) is 4.42 Å². The highest BCUT2D eigenvalue weighted by atomic mass is 32.2. The van der Waals surface area contributed by atoms with Gasteiger partial charge in [0.05, 0.1) is 4.90 Å². The minimum absolute atomic E-state index is 0.292. The molecule has 0 spiro atoms. The summed E-state index contributed by atoms with van der Waals surface area (Å²) in [7, 11) is -3.53. The van der Waals surface area contributed by atoms with Crippen LogP contribution in [0.15, 0.2) is 58.0 Å². The standard InChI is InChI=1S/C20H22N4O3S/c1-15-20(22-16(2)27-15)17-6-8-18(9-7-17)28(25,26)24-13-11-23(12-14-24)19-5-3-4-10-21-19/h3-10H,11-14H2,1-2H3. The van der Waals surface area contributed by atoms with Gasteiger partial charge in [0, 0.05) is 44.9 Å². The number of benzene rings is 1. The lowest BCUT2D eigenvalue weighted by atomic mass is 10.1. The van der Waals surface area contributed by atoms with Crippen LogP contribution in [0.2, 0.25) is 0 Å². The molecule has 1 fully saturated rings. The Morgan fingerprint density at radius 1 is 0.964 bits per heavy atom. The van der Waals surface area contributed by atoms with Crippen molar-refractivity contribution in [3.63, 3.8) is 0 Å². The zero-order valence-electron chi connectivity index (χ0n) is 15.9. The van der Waals surface area contributed by atoms with Gasteiger partial charge in [0.1, 0.15) is 17.3 Å². The molecule has 0 atom stereocenters. The Hall–Kier alpha value is -2.71. The van der Waals surface area contributed by atoms with Crippen LogP contribution < -0.4 is 4.90 Å². The van der Waals surface area contributed by atoms with Gasteiger partial charge in [0.15, 0.2) is 5.89 Å². The van der Waals surface area contributed by atoms with Gasteiger partial charge in [-0.25, -0.2) is 18.4 Å². The lowest BCUT2D eigenvalue weighted by Crippen LogP contribution is -2.48. The van der Waals surface area contributed by atoms with E-state index < -0.39 is 10.0 Å². The molecule has 3 heterocycles. The summed E-state index contributed by atoms with van der Waals surface area (Å²) in [6.45, 7) is 5.74. The summed E-state index contributed by atoms with van der Waals surface area (Å²) in [5, 5.41) is 0. The highest BCUT2D eigenvalue weighted by molar-refractivity contribution is 7.89. The number of sulfonamides is 1. The van der Waals surface area contributed by atoms with Gasteiger partial charge in [-0.15, -0.1) is 0 Å². The van der Waals surface area contributed by atoms with Crippen LogP contribution in [0.1, 0.15) is 11.7 Å². The van der Waals surface area contributed by atoms with Gasteiger partial charge in [-0.2, -0.15) is 4.31 Å². The molecule has 1 aromatic carbocycles. The SMILES string of the molecule is Cc1nc(-c2ccc(S(=O)(=O)N3CCN(c4ccccn4)CC3)cc2)c(C)o1. The molecule has 0 amide bonds. The number of oxazole rings is 1. The lowest BCUT2D eigenvalue weighted by Gasteiger charge is -2.34. The second-order valence-electron chi connectivity index (χ2n) is 6.74. The highest BCUT2D eigenvalue weighted by Crippen LogP contribution is 2.26. The molecule has 2 aromatic heterocycles. The highest BCUT2D eigenvalue weighted by Gasteiger charge is 2.29. The first-order valence-electron chi connectivity index (χ1n) is 9.16. The fraction of sp³-hybridized carbons (Fsp3) is 0.300. The zero-order valence-corrected chi connectivity index (χ0v) is 16.7. The van der Waals surface area contributed by atoms with Crippen molar-refractivity contribution in [2.24, 2.45) is 0 Å². The molecule has 7 nitrogen and oxygen atoms in total. The first kappa shape index (κ1) is 18.6. The maximum absolute atomic E-state index is 13.0. The molecule has 0 saturated carbocycles. The van der Waals surface area contributed by atoms with Crippen molar-refractivity contribution in [1.82, 2.24) is 14.3 Å². The van der Waals surface area contributed by atoms with Crippen LogP contribution in [-0.4, -0.2) is 48.9 Å². The van der Waals surface area contributed by atoms with Crippen LogP contribution in [0.5, 0.6) is 0 Å². The first-order valence-corrected chi connectivity index (χ1v) is 10.6. The zero-order chi connectivity index (χ0) is 19.7. The van der Waals surface area contributed by atoms with Crippen LogP contribution in [0.4, 0.5) is 5.82 Å². The Balaban J connectivity index is 1.49. The van der Waals surface area contributed by atoms with Crippen molar-refractivity contribution in [1.29, 1.82) is 0 Å². The topological polar surface area (TPSA) is 79.5 Å². The number of hydrogen-bond acceptors (Lipinski definition) is 6. The Morgan fingerprint density at radius 2 is 1.68 bits per heavy atom. The molecule has 1 saturated heterocycles. The molecule has 146 valence electrons. The summed E-state index contributed by atoms with van der Waals surface area (Å²) >= 11 is 0. The summed E-state index contributed by atoms with van der Waals surface area (Å²) in [6.07, 6.45) is 1.75. The third kappa shape index (κ3) is 3.53. The van der Waals surface area contributed by atoms with Crippen molar-refractivity contribution in [2.45, 2.75) is 18.7 Å². The number of nitrogens with zero attached hydrogens (tertiary/aromatic N) is 4. The van der Waals surface area contributed by atoms with Crippen molar-refractivity contribution in [3.8, 4) is 11.3 Å². The minimum atomic E-state index is -3.53. The normalized spacial score (nSPS) is 15.7. The quantitative estimate of drug-likeness (QED) is 0.672. The predicted octanol–water partition coefficient (Wildman–Crippen LogP) is 2.86. The van der Waals surface area contributed by atoms with Crippen LogP contribution in [0, 0.1) is 13.8 Å². The predicted molar refractivity (Wildman–Crippen MR) is 107 cm³/mol. The molecule has 0 radical (unpaired) electrons. The molecule has 28 heavy (non-hydrogen) atoms. The Kier molecular flexibility index (Phi) is 4.91. The molecule has 1 aliphatic heterocycles. The average Bonchev–Trinajstić information content (AvgIpc) is 3.07. The number of aromatic nitrogens is 2. The average molecular weight is 398 g/mol. The number of rotatable bonds is 4. The summed E-state index contributed by atoms with van der Waals surface area (Å²) < 4.78 is 33.0. The van der Waals surface area contributed by atoms with E-state index in [1.54, 1.807) is 37.4 Å². The smallest absolute Gasteiger partial charge is 0.243 e. The molecule has 0 bridgehead atoms. The van der Waals surface area contributed by atoms with E-state index in [9.17, 15) is 8.42 Å². The Labute approximate surface area is 164 Å². The molecule has 0 aliphatic carbocycles. The van der Waals surface area contributed by atoms with E-state index in [2.05, 4.69) is 14.9 Å². The Bertz CT molecular complexity index is 1050. The molecule has 1 aliphatic rings. The molecule has 3 aromatic rings. The van der Waals surface area contributed by atoms with E-state index >= 15 is 0 Å².